The van der Waals surface area contributed by atoms with Crippen LogP contribution in [0.3, 0.4) is 0 Å². The van der Waals surface area contributed by atoms with Crippen LogP contribution in [0, 0.1) is 12.7 Å². The molecule has 0 radical (unpaired) electrons. The molecule has 1 atom stereocenters. The molecule has 0 unspecified atom stereocenters. The molecule has 0 bridgehead atoms. The fourth-order valence-electron chi connectivity index (χ4n) is 4.82. The van der Waals surface area contributed by atoms with Gasteiger partial charge in [-0.05, 0) is 51.8 Å². The molecule has 1 aromatic carbocycles. The van der Waals surface area contributed by atoms with Crippen LogP contribution in [-0.4, -0.2) is 48.0 Å². The molecule has 1 aliphatic heterocycles. The van der Waals surface area contributed by atoms with Gasteiger partial charge in [0.25, 0.3) is 5.56 Å². The largest absolute Gasteiger partial charge is 0.364 e. The number of morpholine rings is 1. The maximum atomic E-state index is 15.1. The summed E-state index contributed by atoms with van der Waals surface area (Å²) in [5, 5.41) is 4.79. The van der Waals surface area contributed by atoms with Crippen LogP contribution in [0.4, 0.5) is 10.3 Å². The number of benzene rings is 1. The van der Waals surface area contributed by atoms with E-state index in [0.29, 0.717) is 30.9 Å². The standard InChI is InChI=1S/C26H27ClFN7O2/c1-14-30-22-21(18-8-5-16(27)9-19(18)28)31-25(32-23(22)24(36)33(14)4)34-12-20(37-26(2,3)13-34)15-10-29-35(11-15)17-6-7-17/h5,8-11,17,20H,6-7,12-13H2,1-4H3/t20-/m1/s1. The van der Waals surface area contributed by atoms with E-state index in [0.717, 1.165) is 18.4 Å². The zero-order valence-electron chi connectivity index (χ0n) is 21.1. The topological polar surface area (TPSA) is 91.0 Å². The zero-order valence-corrected chi connectivity index (χ0v) is 21.8. The Hall–Kier alpha value is -3.37. The molecular formula is C26H27ClFN7O2. The van der Waals surface area contributed by atoms with Gasteiger partial charge in [0.05, 0.1) is 24.4 Å². The van der Waals surface area contributed by atoms with Crippen molar-refractivity contribution in [1.82, 2.24) is 29.3 Å². The fourth-order valence-corrected chi connectivity index (χ4v) is 4.98. The highest BCUT2D eigenvalue weighted by molar-refractivity contribution is 6.30. The van der Waals surface area contributed by atoms with Gasteiger partial charge in [-0.25, -0.2) is 19.3 Å². The minimum Gasteiger partial charge on any atom is -0.364 e. The number of hydrogen-bond acceptors (Lipinski definition) is 7. The number of halogens is 2. The van der Waals surface area contributed by atoms with Crippen molar-refractivity contribution in [1.29, 1.82) is 0 Å². The summed E-state index contributed by atoms with van der Waals surface area (Å²) in [5.74, 6) is 0.242. The Balaban J connectivity index is 1.49. The van der Waals surface area contributed by atoms with E-state index in [1.807, 2.05) is 35.8 Å². The van der Waals surface area contributed by atoms with Crippen LogP contribution in [0.5, 0.6) is 0 Å². The number of ether oxygens (including phenoxy) is 1. The van der Waals surface area contributed by atoms with E-state index in [9.17, 15) is 4.79 Å². The van der Waals surface area contributed by atoms with Crippen LogP contribution in [0.1, 0.15) is 50.2 Å². The van der Waals surface area contributed by atoms with Crippen molar-refractivity contribution in [3.63, 3.8) is 0 Å². The van der Waals surface area contributed by atoms with Crippen molar-refractivity contribution < 1.29 is 9.13 Å². The average molecular weight is 524 g/mol. The normalized spacial score (nSPS) is 19.5. The van der Waals surface area contributed by atoms with Crippen molar-refractivity contribution in [2.24, 2.45) is 7.05 Å². The van der Waals surface area contributed by atoms with Crippen molar-refractivity contribution in [2.75, 3.05) is 18.0 Å². The molecule has 37 heavy (non-hydrogen) atoms. The van der Waals surface area contributed by atoms with Crippen molar-refractivity contribution in [3.8, 4) is 11.3 Å². The summed E-state index contributed by atoms with van der Waals surface area (Å²) >= 11 is 6.01. The molecule has 6 rings (SSSR count). The van der Waals surface area contributed by atoms with E-state index >= 15 is 4.39 Å². The number of aromatic nitrogens is 6. The maximum absolute atomic E-state index is 15.1. The quantitative estimate of drug-likeness (QED) is 0.392. The van der Waals surface area contributed by atoms with Crippen LogP contribution >= 0.6 is 11.6 Å². The fraction of sp³-hybridized carbons (Fsp3) is 0.423. The van der Waals surface area contributed by atoms with Crippen molar-refractivity contribution >= 4 is 28.6 Å². The highest BCUT2D eigenvalue weighted by Gasteiger charge is 2.37. The molecule has 0 N–H and O–H groups in total. The van der Waals surface area contributed by atoms with Crippen LogP contribution in [0.15, 0.2) is 35.4 Å². The van der Waals surface area contributed by atoms with Gasteiger partial charge in [0, 0.05) is 35.9 Å². The number of rotatable bonds is 4. The lowest BCUT2D eigenvalue weighted by Crippen LogP contribution is -2.50. The first-order chi connectivity index (χ1) is 17.6. The molecule has 0 amide bonds. The molecule has 3 aromatic heterocycles. The van der Waals surface area contributed by atoms with Gasteiger partial charge in [0.15, 0.2) is 5.52 Å². The number of anilines is 1. The highest BCUT2D eigenvalue weighted by Crippen LogP contribution is 2.37. The van der Waals surface area contributed by atoms with E-state index in [4.69, 9.17) is 21.3 Å². The second-order valence-electron chi connectivity index (χ2n) is 10.4. The second-order valence-corrected chi connectivity index (χ2v) is 10.9. The predicted molar refractivity (Wildman–Crippen MR) is 138 cm³/mol. The lowest BCUT2D eigenvalue weighted by molar-refractivity contribution is -0.0859. The molecule has 9 nitrogen and oxygen atoms in total. The summed E-state index contributed by atoms with van der Waals surface area (Å²) in [6.07, 6.45) is 5.90. The Kier molecular flexibility index (Phi) is 5.57. The smallest absolute Gasteiger partial charge is 0.279 e. The molecule has 1 saturated heterocycles. The predicted octanol–water partition coefficient (Wildman–Crippen LogP) is 4.38. The van der Waals surface area contributed by atoms with Crippen molar-refractivity contribution in [2.45, 2.75) is 51.4 Å². The molecule has 1 aliphatic carbocycles. The number of hydrogen-bond donors (Lipinski definition) is 0. The zero-order chi connectivity index (χ0) is 26.1. The Morgan fingerprint density at radius 3 is 2.68 bits per heavy atom. The Labute approximate surface area is 217 Å². The molecule has 2 aliphatic rings. The summed E-state index contributed by atoms with van der Waals surface area (Å²) in [6, 6.07) is 4.83. The van der Waals surface area contributed by atoms with Crippen LogP contribution in [0.25, 0.3) is 22.3 Å². The van der Waals surface area contributed by atoms with Crippen LogP contribution in [-0.2, 0) is 11.8 Å². The summed E-state index contributed by atoms with van der Waals surface area (Å²) in [6.45, 7) is 6.65. The molecule has 4 aromatic rings. The Morgan fingerprint density at radius 2 is 1.95 bits per heavy atom. The number of nitrogens with zero attached hydrogens (tertiary/aromatic N) is 7. The monoisotopic (exact) mass is 523 g/mol. The maximum Gasteiger partial charge on any atom is 0.279 e. The van der Waals surface area contributed by atoms with Crippen LogP contribution < -0.4 is 10.5 Å². The first kappa shape index (κ1) is 24.0. The third-order valence-electron chi connectivity index (χ3n) is 6.94. The SMILES string of the molecule is Cc1nc2c(-c3ccc(Cl)cc3F)nc(N3C[C@H](c4cnn(C5CC5)c4)OC(C)(C)C3)nc2c(=O)n1C. The Bertz CT molecular complexity index is 1590. The summed E-state index contributed by atoms with van der Waals surface area (Å²) in [5.41, 5.74) is 0.945. The van der Waals surface area contributed by atoms with E-state index < -0.39 is 11.4 Å². The molecular weight excluding hydrogens is 497 g/mol. The number of aryl methyl sites for hydroxylation is 1. The minimum absolute atomic E-state index is 0.129. The van der Waals surface area contributed by atoms with Crippen LogP contribution in [0.2, 0.25) is 5.02 Å². The lowest BCUT2D eigenvalue weighted by Gasteiger charge is -2.42. The van der Waals surface area contributed by atoms with Gasteiger partial charge in [-0.3, -0.25) is 14.0 Å². The Morgan fingerprint density at radius 1 is 1.16 bits per heavy atom. The number of fused-ring (bicyclic) bond motifs is 1. The van der Waals surface area contributed by atoms with Gasteiger partial charge >= 0.3 is 0 Å². The van der Waals surface area contributed by atoms with Gasteiger partial charge in [0.2, 0.25) is 5.95 Å². The van der Waals surface area contributed by atoms with E-state index in [1.54, 1.807) is 26.1 Å². The van der Waals surface area contributed by atoms with Crippen molar-refractivity contribution in [3.05, 3.63) is 63.2 Å². The van der Waals surface area contributed by atoms with E-state index in [2.05, 4.69) is 15.1 Å². The first-order valence-corrected chi connectivity index (χ1v) is 12.6. The second kappa shape index (κ2) is 8.59. The highest BCUT2D eigenvalue weighted by atomic mass is 35.5. The molecule has 4 heterocycles. The first-order valence-electron chi connectivity index (χ1n) is 12.3. The molecule has 0 spiro atoms. The van der Waals surface area contributed by atoms with Gasteiger partial charge < -0.3 is 9.64 Å². The average Bonchev–Trinajstić information content (AvgIpc) is 3.57. The van der Waals surface area contributed by atoms with E-state index in [1.165, 1.54) is 10.6 Å². The van der Waals surface area contributed by atoms with Gasteiger partial charge in [-0.15, -0.1) is 0 Å². The minimum atomic E-state index is -0.550. The lowest BCUT2D eigenvalue weighted by atomic mass is 10.0. The summed E-state index contributed by atoms with van der Waals surface area (Å²) in [7, 11) is 1.64. The molecule has 1 saturated carbocycles. The molecule has 11 heteroatoms. The molecule has 2 fully saturated rings. The summed E-state index contributed by atoms with van der Waals surface area (Å²) < 4.78 is 24.9. The third-order valence-corrected chi connectivity index (χ3v) is 7.18. The van der Waals surface area contributed by atoms with E-state index in [-0.39, 0.29) is 39.0 Å². The van der Waals surface area contributed by atoms with Gasteiger partial charge in [0.1, 0.15) is 29.0 Å². The molecule has 192 valence electrons. The third kappa shape index (κ3) is 4.38. The summed E-state index contributed by atoms with van der Waals surface area (Å²) in [4.78, 5) is 29.2. The van der Waals surface area contributed by atoms with Gasteiger partial charge in [-0.2, -0.15) is 5.10 Å². The van der Waals surface area contributed by atoms with Gasteiger partial charge in [-0.1, -0.05) is 11.6 Å².